The Morgan fingerprint density at radius 1 is 1.25 bits per heavy atom. The van der Waals surface area contributed by atoms with E-state index in [0.717, 1.165) is 17.0 Å². The Labute approximate surface area is 169 Å². The van der Waals surface area contributed by atoms with Gasteiger partial charge in [0.05, 0.1) is 18.8 Å². The minimum absolute atomic E-state index is 0.0170. The number of fused-ring (bicyclic) bond motifs is 1. The molecule has 1 aromatic rings. The average molecular weight is 435 g/mol. The number of hydrogen-bond donors (Lipinski definition) is 2. The zero-order valence-electron chi connectivity index (χ0n) is 14.6. The van der Waals surface area contributed by atoms with Crippen molar-refractivity contribution < 1.29 is 23.1 Å². The molecule has 4 atom stereocenters. The third-order valence-electron chi connectivity index (χ3n) is 5.47. The number of nitrogens with zero attached hydrogens (tertiary/aromatic N) is 2. The monoisotopic (exact) mass is 434 g/mol. The van der Waals surface area contributed by atoms with E-state index < -0.39 is 34.6 Å². The summed E-state index contributed by atoms with van der Waals surface area (Å²) in [5.41, 5.74) is 5.82. The van der Waals surface area contributed by atoms with Crippen LogP contribution in [0.4, 0.5) is 25.0 Å². The van der Waals surface area contributed by atoms with Crippen LogP contribution in [0.3, 0.4) is 0 Å². The van der Waals surface area contributed by atoms with Gasteiger partial charge < -0.3 is 20.7 Å². The maximum Gasteiger partial charge on any atom is 0.414 e. The Morgan fingerprint density at radius 2 is 1.86 bits per heavy atom. The highest BCUT2D eigenvalue weighted by molar-refractivity contribution is 6.53. The molecule has 1 aliphatic carbocycles. The largest absolute Gasteiger partial charge is 0.442 e. The van der Waals surface area contributed by atoms with Gasteiger partial charge in [0.1, 0.15) is 11.8 Å². The minimum Gasteiger partial charge on any atom is -0.442 e. The van der Waals surface area contributed by atoms with Gasteiger partial charge in [-0.2, -0.15) is 0 Å². The number of rotatable bonds is 5. The molecule has 11 heteroatoms. The Morgan fingerprint density at radius 3 is 2.43 bits per heavy atom. The number of carbonyl (C=O) groups is 2. The fourth-order valence-electron chi connectivity index (χ4n) is 3.90. The van der Waals surface area contributed by atoms with Crippen molar-refractivity contribution >= 4 is 46.6 Å². The standard InChI is InChI=1S/C17H18Cl2F2N4O3/c18-15(19)16(26)23-3-8-4-25(17(27)28-8)7-1-11(20)14(12(21)2-7)24-5-9-10(6-24)13(9)22/h1-2,8-10,13,15H,3-6,22H2,(H,23,26)/t8-,9-,10+,13?/m0/s1. The summed E-state index contributed by atoms with van der Waals surface area (Å²) < 4.78 is 34.4. The minimum atomic E-state index is -1.24. The Kier molecular flexibility index (Phi) is 5.01. The summed E-state index contributed by atoms with van der Waals surface area (Å²) >= 11 is 10.9. The molecule has 2 amide bonds. The van der Waals surface area contributed by atoms with E-state index in [4.69, 9.17) is 33.7 Å². The first kappa shape index (κ1) is 19.5. The van der Waals surface area contributed by atoms with Crippen molar-refractivity contribution in [3.8, 4) is 0 Å². The predicted molar refractivity (Wildman–Crippen MR) is 99.6 cm³/mol. The number of hydrogen-bond acceptors (Lipinski definition) is 5. The number of ether oxygens (including phenoxy) is 1. The molecule has 1 aromatic carbocycles. The van der Waals surface area contributed by atoms with Gasteiger partial charge in [-0.15, -0.1) is 0 Å². The van der Waals surface area contributed by atoms with E-state index in [9.17, 15) is 18.4 Å². The van der Waals surface area contributed by atoms with Gasteiger partial charge in [0.15, 0.2) is 16.5 Å². The Hall–Kier alpha value is -1.84. The summed E-state index contributed by atoms with van der Waals surface area (Å²) in [6.07, 6.45) is -1.45. The van der Waals surface area contributed by atoms with Crippen LogP contribution in [0, 0.1) is 23.5 Å². The summed E-state index contributed by atoms with van der Waals surface area (Å²) in [6.45, 7) is 1.05. The molecule has 2 aliphatic heterocycles. The second-order valence-corrected chi connectivity index (χ2v) is 8.33. The molecule has 0 spiro atoms. The first-order valence-electron chi connectivity index (χ1n) is 8.80. The first-order chi connectivity index (χ1) is 13.3. The van der Waals surface area contributed by atoms with E-state index in [2.05, 4.69) is 5.32 Å². The smallest absolute Gasteiger partial charge is 0.414 e. The molecule has 3 fully saturated rings. The second kappa shape index (κ2) is 7.20. The van der Waals surface area contributed by atoms with Gasteiger partial charge in [0, 0.05) is 31.3 Å². The molecule has 2 saturated heterocycles. The van der Waals surface area contributed by atoms with Crippen LogP contribution in [0.2, 0.25) is 0 Å². The lowest BCUT2D eigenvalue weighted by molar-refractivity contribution is -0.119. The van der Waals surface area contributed by atoms with Gasteiger partial charge in [-0.25, -0.2) is 13.6 Å². The zero-order valence-corrected chi connectivity index (χ0v) is 16.1. The second-order valence-electron chi connectivity index (χ2n) is 7.23. The van der Waals surface area contributed by atoms with Crippen molar-refractivity contribution in [3.05, 3.63) is 23.8 Å². The van der Waals surface area contributed by atoms with Crippen LogP contribution >= 0.6 is 23.2 Å². The van der Waals surface area contributed by atoms with Crippen LogP contribution in [-0.4, -0.2) is 55.2 Å². The van der Waals surface area contributed by atoms with E-state index in [-0.39, 0.29) is 42.3 Å². The van der Waals surface area contributed by atoms with Gasteiger partial charge in [-0.3, -0.25) is 9.69 Å². The highest BCUT2D eigenvalue weighted by atomic mass is 35.5. The number of benzene rings is 1. The van der Waals surface area contributed by atoms with E-state index in [0.29, 0.717) is 13.1 Å². The lowest BCUT2D eigenvalue weighted by Crippen LogP contribution is -2.37. The number of piperidine rings is 1. The summed E-state index contributed by atoms with van der Waals surface area (Å²) in [5, 5.41) is 2.43. The lowest BCUT2D eigenvalue weighted by atomic mass is 10.2. The molecule has 1 saturated carbocycles. The number of alkyl halides is 2. The summed E-state index contributed by atoms with van der Waals surface area (Å²) in [6, 6.07) is 2.34. The van der Waals surface area contributed by atoms with Crippen LogP contribution in [0.5, 0.6) is 0 Å². The van der Waals surface area contributed by atoms with Crippen molar-refractivity contribution in [2.45, 2.75) is 17.0 Å². The maximum absolute atomic E-state index is 14.6. The third-order valence-corrected chi connectivity index (χ3v) is 5.86. The van der Waals surface area contributed by atoms with Crippen molar-refractivity contribution in [3.63, 3.8) is 0 Å². The van der Waals surface area contributed by atoms with E-state index in [1.54, 1.807) is 4.90 Å². The van der Waals surface area contributed by atoms with Crippen molar-refractivity contribution in [1.29, 1.82) is 0 Å². The number of halogens is 4. The molecule has 1 unspecified atom stereocenters. The molecule has 2 heterocycles. The number of cyclic esters (lactones) is 1. The molecule has 3 aliphatic rings. The number of amides is 2. The molecule has 3 N–H and O–H groups in total. The van der Waals surface area contributed by atoms with E-state index in [1.165, 1.54) is 0 Å². The number of carbonyl (C=O) groups excluding carboxylic acids is 2. The van der Waals surface area contributed by atoms with Crippen LogP contribution in [0.25, 0.3) is 0 Å². The fraction of sp³-hybridized carbons (Fsp3) is 0.529. The van der Waals surface area contributed by atoms with Gasteiger partial charge in [-0.1, -0.05) is 23.2 Å². The molecular weight excluding hydrogens is 417 g/mol. The highest BCUT2D eigenvalue weighted by Gasteiger charge is 2.54. The summed E-state index contributed by atoms with van der Waals surface area (Å²) in [5.74, 6) is -1.56. The highest BCUT2D eigenvalue weighted by Crippen LogP contribution is 2.46. The number of nitrogens with two attached hydrogens (primary N) is 1. The summed E-state index contributed by atoms with van der Waals surface area (Å²) in [7, 11) is 0. The van der Waals surface area contributed by atoms with Gasteiger partial charge in [0.25, 0.3) is 5.91 Å². The van der Waals surface area contributed by atoms with E-state index in [1.807, 2.05) is 0 Å². The maximum atomic E-state index is 14.6. The van der Waals surface area contributed by atoms with Crippen LogP contribution < -0.4 is 20.9 Å². The third kappa shape index (κ3) is 3.46. The summed E-state index contributed by atoms with van der Waals surface area (Å²) in [4.78, 5) is 25.0. The topological polar surface area (TPSA) is 87.9 Å². The molecular formula is C17H18Cl2F2N4O3. The fourth-order valence-corrected chi connectivity index (χ4v) is 4.05. The molecule has 0 bridgehead atoms. The molecule has 0 radical (unpaired) electrons. The van der Waals surface area contributed by atoms with Crippen molar-refractivity contribution in [1.82, 2.24) is 5.32 Å². The van der Waals surface area contributed by atoms with Crippen molar-refractivity contribution in [2.24, 2.45) is 17.6 Å². The zero-order chi connectivity index (χ0) is 20.2. The molecule has 4 rings (SSSR count). The average Bonchev–Trinajstić information content (AvgIpc) is 3.00. The molecule has 7 nitrogen and oxygen atoms in total. The molecule has 0 aromatic heterocycles. The van der Waals surface area contributed by atoms with Crippen molar-refractivity contribution in [2.75, 3.05) is 36.0 Å². The van der Waals surface area contributed by atoms with Gasteiger partial charge in [0.2, 0.25) is 0 Å². The first-order valence-corrected chi connectivity index (χ1v) is 9.67. The normalized spacial score (nSPS) is 28.6. The molecule has 28 heavy (non-hydrogen) atoms. The van der Waals surface area contributed by atoms with Gasteiger partial charge >= 0.3 is 6.09 Å². The van der Waals surface area contributed by atoms with Crippen LogP contribution in [0.1, 0.15) is 0 Å². The van der Waals surface area contributed by atoms with Gasteiger partial charge in [-0.05, 0) is 11.8 Å². The van der Waals surface area contributed by atoms with Crippen LogP contribution in [0.15, 0.2) is 12.1 Å². The number of nitrogens with one attached hydrogen (secondary N) is 1. The Balaban J connectivity index is 1.44. The lowest BCUT2D eigenvalue weighted by Gasteiger charge is -2.24. The van der Waals surface area contributed by atoms with E-state index >= 15 is 0 Å². The van der Waals surface area contributed by atoms with Crippen LogP contribution in [-0.2, 0) is 9.53 Å². The predicted octanol–water partition coefficient (Wildman–Crippen LogP) is 1.60. The number of anilines is 2. The SMILES string of the molecule is NC1[C@H]2CN(c3c(F)cc(N4C[C@H](CNC(=O)C(Cl)Cl)OC4=O)cc3F)C[C@@H]12. The quantitative estimate of drug-likeness (QED) is 0.687. The Bertz CT molecular complexity index is 793. The molecule has 152 valence electrons.